The third-order valence-corrected chi connectivity index (χ3v) is 1.68. The monoisotopic (exact) mass is 192 g/mol. The molecule has 0 aromatic rings. The predicted octanol–water partition coefficient (Wildman–Crippen LogP) is -1.62. The van der Waals surface area contributed by atoms with Crippen LogP contribution >= 0.6 is 0 Å². The summed E-state index contributed by atoms with van der Waals surface area (Å²) in [5.41, 5.74) is 5.23. The summed E-state index contributed by atoms with van der Waals surface area (Å²) >= 11 is 0. The van der Waals surface area contributed by atoms with Gasteiger partial charge >= 0.3 is 5.97 Å². The van der Waals surface area contributed by atoms with Crippen molar-refractivity contribution in [2.75, 3.05) is 6.54 Å². The molecule has 0 aliphatic rings. The molecule has 6 nitrogen and oxygen atoms in total. The second kappa shape index (κ2) is 5.13. The van der Waals surface area contributed by atoms with E-state index in [9.17, 15) is 4.79 Å². The number of carboxylic acids is 1. The molecule has 0 fully saturated rings. The number of nitrogens with zero attached hydrogens (tertiary/aromatic N) is 1. The van der Waals surface area contributed by atoms with E-state index in [0.717, 1.165) is 0 Å². The van der Waals surface area contributed by atoms with Crippen LogP contribution in [-0.4, -0.2) is 51.2 Å². The third kappa shape index (κ3) is 4.18. The summed E-state index contributed by atoms with van der Waals surface area (Å²) in [6.07, 6.45) is -1.85. The number of rotatable bonds is 5. The Balaban J connectivity index is 4.18. The van der Waals surface area contributed by atoms with E-state index < -0.39 is 24.5 Å². The highest BCUT2D eigenvalue weighted by atomic mass is 16.4. The normalized spacial score (nSPS) is 18.3. The maximum Gasteiger partial charge on any atom is 0.321 e. The molecule has 0 bridgehead atoms. The van der Waals surface area contributed by atoms with Crippen LogP contribution in [0.3, 0.4) is 0 Å². The first-order valence-electron chi connectivity index (χ1n) is 3.96. The minimum atomic E-state index is -1.16. The highest BCUT2D eigenvalue weighted by Gasteiger charge is 2.22. The van der Waals surface area contributed by atoms with Crippen molar-refractivity contribution in [3.8, 4) is 0 Å². The van der Waals surface area contributed by atoms with Crippen molar-refractivity contribution >= 4 is 5.97 Å². The highest BCUT2D eigenvalue weighted by Crippen LogP contribution is 2.01. The molecule has 3 atom stereocenters. The van der Waals surface area contributed by atoms with Crippen LogP contribution < -0.4 is 5.73 Å². The molecule has 0 aromatic carbocycles. The summed E-state index contributed by atoms with van der Waals surface area (Å²) in [5.74, 6) is -1.16. The van der Waals surface area contributed by atoms with Gasteiger partial charge in [0.15, 0.2) is 0 Å². The van der Waals surface area contributed by atoms with Crippen LogP contribution in [0.5, 0.6) is 0 Å². The summed E-state index contributed by atoms with van der Waals surface area (Å²) in [4.78, 5) is 11.5. The molecule has 0 aromatic heterocycles. The van der Waals surface area contributed by atoms with Crippen LogP contribution in [0, 0.1) is 0 Å². The van der Waals surface area contributed by atoms with Crippen molar-refractivity contribution in [2.45, 2.75) is 32.3 Å². The van der Waals surface area contributed by atoms with Gasteiger partial charge in [-0.05, 0) is 13.8 Å². The number of carboxylic acid groups (broad SMARTS) is 1. The number of hydrogen-bond acceptors (Lipinski definition) is 5. The molecule has 0 saturated carbocycles. The lowest BCUT2D eigenvalue weighted by Gasteiger charge is -2.29. The van der Waals surface area contributed by atoms with Crippen molar-refractivity contribution in [2.24, 2.45) is 5.73 Å². The molecule has 0 spiro atoms. The van der Waals surface area contributed by atoms with Crippen molar-refractivity contribution in [3.05, 3.63) is 0 Å². The van der Waals surface area contributed by atoms with E-state index >= 15 is 0 Å². The van der Waals surface area contributed by atoms with Crippen LogP contribution in [0.1, 0.15) is 13.8 Å². The average molecular weight is 192 g/mol. The van der Waals surface area contributed by atoms with Crippen molar-refractivity contribution in [1.82, 2.24) is 4.90 Å². The molecule has 0 heterocycles. The fourth-order valence-electron chi connectivity index (χ4n) is 0.923. The van der Waals surface area contributed by atoms with Gasteiger partial charge in [-0.15, -0.1) is 0 Å². The van der Waals surface area contributed by atoms with E-state index in [1.807, 2.05) is 0 Å². The Labute approximate surface area is 76.6 Å². The number of carbonyl (C=O) groups is 1. The summed E-state index contributed by atoms with van der Waals surface area (Å²) in [7, 11) is 0. The maximum absolute atomic E-state index is 10.4. The zero-order valence-electron chi connectivity index (χ0n) is 7.71. The van der Waals surface area contributed by atoms with Gasteiger partial charge in [0.25, 0.3) is 0 Å². The first kappa shape index (κ1) is 12.3. The number of hydrogen-bond donors (Lipinski definition) is 4. The fourth-order valence-corrected chi connectivity index (χ4v) is 0.923. The second-order valence-corrected chi connectivity index (χ2v) is 2.91. The topological polar surface area (TPSA) is 107 Å². The maximum atomic E-state index is 10.4. The largest absolute Gasteiger partial charge is 0.480 e. The van der Waals surface area contributed by atoms with E-state index in [-0.39, 0.29) is 6.54 Å². The van der Waals surface area contributed by atoms with E-state index in [1.165, 1.54) is 18.7 Å². The lowest BCUT2D eigenvalue weighted by molar-refractivity contribution is -0.141. The Bertz CT molecular complexity index is 164. The van der Waals surface area contributed by atoms with Crippen LogP contribution in [-0.2, 0) is 4.79 Å². The molecule has 78 valence electrons. The van der Waals surface area contributed by atoms with Gasteiger partial charge in [0.2, 0.25) is 0 Å². The molecule has 0 amide bonds. The van der Waals surface area contributed by atoms with Crippen molar-refractivity contribution in [1.29, 1.82) is 0 Å². The first-order valence-corrected chi connectivity index (χ1v) is 3.96. The van der Waals surface area contributed by atoms with E-state index in [1.54, 1.807) is 0 Å². The smallest absolute Gasteiger partial charge is 0.321 e. The minimum absolute atomic E-state index is 0.0926. The molecule has 0 radical (unpaired) electrons. The lowest BCUT2D eigenvalue weighted by Crippen LogP contribution is -2.49. The SMILES string of the molecule is CC(O)N(CC(N)C(=O)O)[C@@H](C)O. The molecule has 6 heteroatoms. The molecular formula is C7H16N2O4. The Morgan fingerprint density at radius 3 is 2.00 bits per heavy atom. The molecule has 5 N–H and O–H groups in total. The summed E-state index contributed by atoms with van der Waals surface area (Å²) in [6.45, 7) is 2.77. The highest BCUT2D eigenvalue weighted by molar-refractivity contribution is 5.73. The standard InChI is InChI=1S/C7H16N2O4/c1-4(10)9(5(2)11)3-6(8)7(12)13/h4-6,10-11H,3,8H2,1-2H3,(H,12,13)/t4-,5?,6?/m1/s1. The minimum Gasteiger partial charge on any atom is -0.480 e. The average Bonchev–Trinajstić information content (AvgIpc) is 1.97. The molecular weight excluding hydrogens is 176 g/mol. The molecule has 0 aliphatic heterocycles. The molecule has 13 heavy (non-hydrogen) atoms. The first-order chi connectivity index (χ1) is 5.86. The van der Waals surface area contributed by atoms with Crippen LogP contribution in [0.25, 0.3) is 0 Å². The zero-order valence-corrected chi connectivity index (χ0v) is 7.71. The van der Waals surface area contributed by atoms with E-state index in [2.05, 4.69) is 0 Å². The number of aliphatic carboxylic acids is 1. The number of aliphatic hydroxyl groups is 2. The quantitative estimate of drug-likeness (QED) is 0.390. The van der Waals surface area contributed by atoms with Crippen LogP contribution in [0.4, 0.5) is 0 Å². The van der Waals surface area contributed by atoms with Gasteiger partial charge in [0, 0.05) is 6.54 Å². The molecule has 0 rings (SSSR count). The lowest BCUT2D eigenvalue weighted by atomic mass is 10.3. The third-order valence-electron chi connectivity index (χ3n) is 1.68. The summed E-state index contributed by atoms with van der Waals surface area (Å²) in [5, 5.41) is 26.7. The van der Waals surface area contributed by atoms with Crippen LogP contribution in [0.2, 0.25) is 0 Å². The summed E-state index contributed by atoms with van der Waals surface area (Å²) < 4.78 is 0. The van der Waals surface area contributed by atoms with Gasteiger partial charge in [-0.2, -0.15) is 0 Å². The Kier molecular flexibility index (Phi) is 4.86. The Hall–Kier alpha value is -0.690. The van der Waals surface area contributed by atoms with Crippen LogP contribution in [0.15, 0.2) is 0 Å². The van der Waals surface area contributed by atoms with Gasteiger partial charge in [-0.25, -0.2) is 0 Å². The van der Waals surface area contributed by atoms with E-state index in [4.69, 9.17) is 21.1 Å². The van der Waals surface area contributed by atoms with Gasteiger partial charge in [0.05, 0.1) is 0 Å². The van der Waals surface area contributed by atoms with Gasteiger partial charge < -0.3 is 21.1 Å². The fraction of sp³-hybridized carbons (Fsp3) is 0.857. The Morgan fingerprint density at radius 2 is 1.77 bits per heavy atom. The molecule has 2 unspecified atom stereocenters. The number of aliphatic hydroxyl groups excluding tert-OH is 2. The van der Waals surface area contributed by atoms with Crippen molar-refractivity contribution < 1.29 is 20.1 Å². The van der Waals surface area contributed by atoms with Crippen molar-refractivity contribution in [3.63, 3.8) is 0 Å². The van der Waals surface area contributed by atoms with Gasteiger partial charge in [-0.1, -0.05) is 0 Å². The molecule has 0 aliphatic carbocycles. The summed E-state index contributed by atoms with van der Waals surface area (Å²) in [6, 6.07) is -1.11. The molecule has 0 saturated heterocycles. The zero-order chi connectivity index (χ0) is 10.6. The number of nitrogens with two attached hydrogens (primary N) is 1. The van der Waals surface area contributed by atoms with Gasteiger partial charge in [0.1, 0.15) is 18.5 Å². The second-order valence-electron chi connectivity index (χ2n) is 2.91. The predicted molar refractivity (Wildman–Crippen MR) is 45.7 cm³/mol. The Morgan fingerprint density at radius 1 is 1.38 bits per heavy atom. The van der Waals surface area contributed by atoms with E-state index in [0.29, 0.717) is 0 Å². The van der Waals surface area contributed by atoms with Gasteiger partial charge in [-0.3, -0.25) is 9.69 Å².